The number of hydrogen-bond donors (Lipinski definition) is 0. The van der Waals surface area contributed by atoms with Gasteiger partial charge in [0.15, 0.2) is 18.7 Å². The third-order valence-corrected chi connectivity index (χ3v) is 1.37. The van der Waals surface area contributed by atoms with Crippen molar-refractivity contribution < 1.29 is 0 Å². The first-order valence-electron chi connectivity index (χ1n) is 3.46. The molecule has 5 nitrogen and oxygen atoms in total. The van der Waals surface area contributed by atoms with Gasteiger partial charge in [0, 0.05) is 0 Å². The highest BCUT2D eigenvalue weighted by molar-refractivity contribution is 4.90. The van der Waals surface area contributed by atoms with E-state index < -0.39 is 0 Å². The van der Waals surface area contributed by atoms with Gasteiger partial charge in [0.25, 0.3) is 0 Å². The van der Waals surface area contributed by atoms with Gasteiger partial charge in [0.1, 0.15) is 0 Å². The molecule has 0 heterocycles. The van der Waals surface area contributed by atoms with Crippen molar-refractivity contribution >= 4 is 0 Å². The van der Waals surface area contributed by atoms with Crippen molar-refractivity contribution in [3.63, 3.8) is 0 Å². The van der Waals surface area contributed by atoms with E-state index in [0.29, 0.717) is 0 Å². The Hall–Kier alpha value is -1.30. The lowest BCUT2D eigenvalue weighted by Gasteiger charge is -2.32. The molecule has 0 N–H and O–H groups in total. The summed E-state index contributed by atoms with van der Waals surface area (Å²) in [7, 11) is 7.25. The molecule has 0 rings (SSSR count). The zero-order valence-corrected chi connectivity index (χ0v) is 7.81. The van der Waals surface area contributed by atoms with Gasteiger partial charge < -0.3 is 0 Å². The van der Waals surface area contributed by atoms with Crippen LogP contribution >= 0.6 is 0 Å². The molecule has 0 bridgehead atoms. The monoisotopic (exact) mass is 167 g/mol. The van der Waals surface area contributed by atoms with Crippen LogP contribution in [0.5, 0.6) is 0 Å². The van der Waals surface area contributed by atoms with E-state index in [9.17, 15) is 0 Å². The Kier molecular flexibility index (Phi) is 4.06. The standard InChI is InChI=1S/C7H13N5/c1-10(2)7(11(3)4)12(5-8)6-9/h7H,1-4H3. The van der Waals surface area contributed by atoms with E-state index in [4.69, 9.17) is 10.5 Å². The molecule has 0 aromatic heterocycles. The van der Waals surface area contributed by atoms with Gasteiger partial charge in [-0.05, 0) is 28.2 Å². The van der Waals surface area contributed by atoms with E-state index in [1.807, 2.05) is 28.2 Å². The summed E-state index contributed by atoms with van der Waals surface area (Å²) in [6.45, 7) is 0. The summed E-state index contributed by atoms with van der Waals surface area (Å²) in [5.41, 5.74) is 0. The Balaban J connectivity index is 4.54. The first-order valence-corrected chi connectivity index (χ1v) is 3.46. The number of nitrogens with zero attached hydrogens (tertiary/aromatic N) is 5. The molecule has 0 aliphatic rings. The molecule has 0 unspecified atom stereocenters. The third-order valence-electron chi connectivity index (χ3n) is 1.37. The van der Waals surface area contributed by atoms with Gasteiger partial charge in [-0.15, -0.1) is 0 Å². The van der Waals surface area contributed by atoms with Crippen LogP contribution in [0.25, 0.3) is 0 Å². The van der Waals surface area contributed by atoms with Crippen molar-refractivity contribution in [1.29, 1.82) is 10.5 Å². The number of rotatable bonds is 3. The van der Waals surface area contributed by atoms with E-state index in [1.165, 1.54) is 0 Å². The first-order chi connectivity index (χ1) is 5.54. The summed E-state index contributed by atoms with van der Waals surface area (Å²) in [6, 6.07) is 0. The predicted octanol–water partition coefficient (Wildman–Crippen LogP) is -0.343. The molecular formula is C7H13N5. The van der Waals surface area contributed by atoms with E-state index in [1.54, 1.807) is 22.2 Å². The first kappa shape index (κ1) is 10.7. The summed E-state index contributed by atoms with van der Waals surface area (Å²) < 4.78 is 0. The SMILES string of the molecule is CN(C)C(N(C)C)N(C#N)C#N. The molecule has 0 aromatic rings. The summed E-state index contributed by atoms with van der Waals surface area (Å²) in [6.07, 6.45) is 3.30. The van der Waals surface area contributed by atoms with Crippen molar-refractivity contribution in [3.05, 3.63) is 0 Å². The van der Waals surface area contributed by atoms with Crippen LogP contribution in [0, 0.1) is 22.9 Å². The van der Waals surface area contributed by atoms with Crippen molar-refractivity contribution in [2.45, 2.75) is 6.29 Å². The highest BCUT2D eigenvalue weighted by atomic mass is 15.5. The molecule has 0 aliphatic carbocycles. The van der Waals surface area contributed by atoms with Crippen LogP contribution in [-0.2, 0) is 0 Å². The maximum Gasteiger partial charge on any atom is 0.196 e. The quantitative estimate of drug-likeness (QED) is 0.327. The lowest BCUT2D eigenvalue weighted by atomic mass is 10.6. The molecule has 0 saturated carbocycles. The van der Waals surface area contributed by atoms with Crippen molar-refractivity contribution in [3.8, 4) is 12.4 Å². The number of hydrogen-bond acceptors (Lipinski definition) is 5. The van der Waals surface area contributed by atoms with Crippen LogP contribution in [0.2, 0.25) is 0 Å². The summed E-state index contributed by atoms with van der Waals surface area (Å²) in [4.78, 5) is 4.60. The van der Waals surface area contributed by atoms with Gasteiger partial charge in [0.2, 0.25) is 0 Å². The molecule has 0 spiro atoms. The zero-order valence-electron chi connectivity index (χ0n) is 7.81. The minimum atomic E-state index is -0.306. The molecule has 0 amide bonds. The van der Waals surface area contributed by atoms with Crippen LogP contribution in [0.15, 0.2) is 0 Å². The van der Waals surface area contributed by atoms with Crippen LogP contribution < -0.4 is 0 Å². The molecule has 0 radical (unpaired) electrons. The topological polar surface area (TPSA) is 57.3 Å². The zero-order chi connectivity index (χ0) is 9.72. The maximum absolute atomic E-state index is 8.59. The molecule has 12 heavy (non-hydrogen) atoms. The number of nitriles is 2. The molecule has 5 heteroatoms. The Morgan fingerprint density at radius 2 is 1.25 bits per heavy atom. The Labute approximate surface area is 73.0 Å². The van der Waals surface area contributed by atoms with Crippen molar-refractivity contribution in [2.24, 2.45) is 0 Å². The molecule has 0 fully saturated rings. The third kappa shape index (κ3) is 2.39. The second kappa shape index (κ2) is 4.55. The molecular weight excluding hydrogens is 154 g/mol. The summed E-state index contributed by atoms with van der Waals surface area (Å²) in [5, 5.41) is 17.2. The van der Waals surface area contributed by atoms with Gasteiger partial charge in [0.05, 0.1) is 0 Å². The normalized spacial score (nSPS) is 10.1. The average molecular weight is 167 g/mol. The smallest absolute Gasteiger partial charge is 0.196 e. The molecule has 66 valence electrons. The largest absolute Gasteiger partial charge is 0.276 e. The fraction of sp³-hybridized carbons (Fsp3) is 0.714. The molecule has 0 aliphatic heterocycles. The van der Waals surface area contributed by atoms with Gasteiger partial charge in [-0.3, -0.25) is 9.80 Å². The Morgan fingerprint density at radius 1 is 0.917 bits per heavy atom. The highest BCUT2D eigenvalue weighted by Crippen LogP contribution is 2.01. The van der Waals surface area contributed by atoms with Gasteiger partial charge in [-0.1, -0.05) is 0 Å². The molecule has 0 aromatic carbocycles. The van der Waals surface area contributed by atoms with Gasteiger partial charge >= 0.3 is 0 Å². The van der Waals surface area contributed by atoms with Gasteiger partial charge in [-0.25, -0.2) is 0 Å². The second-order valence-electron chi connectivity index (χ2n) is 2.84. The fourth-order valence-electron chi connectivity index (χ4n) is 1.05. The average Bonchev–Trinajstić information content (AvgIpc) is 1.98. The lowest BCUT2D eigenvalue weighted by molar-refractivity contribution is 0.0432. The summed E-state index contributed by atoms with van der Waals surface area (Å²) >= 11 is 0. The Bertz CT molecular complexity index is 187. The van der Waals surface area contributed by atoms with Crippen LogP contribution in [0.1, 0.15) is 0 Å². The highest BCUT2D eigenvalue weighted by Gasteiger charge is 2.21. The minimum Gasteiger partial charge on any atom is -0.276 e. The fourth-order valence-corrected chi connectivity index (χ4v) is 1.05. The lowest BCUT2D eigenvalue weighted by Crippen LogP contribution is -2.49. The molecule has 0 saturated heterocycles. The predicted molar refractivity (Wildman–Crippen MR) is 44.2 cm³/mol. The molecule has 0 atom stereocenters. The van der Waals surface area contributed by atoms with E-state index in [2.05, 4.69) is 0 Å². The van der Waals surface area contributed by atoms with E-state index in [-0.39, 0.29) is 6.29 Å². The van der Waals surface area contributed by atoms with Crippen LogP contribution in [0.3, 0.4) is 0 Å². The van der Waals surface area contributed by atoms with Gasteiger partial charge in [-0.2, -0.15) is 15.4 Å². The van der Waals surface area contributed by atoms with E-state index >= 15 is 0 Å². The van der Waals surface area contributed by atoms with Crippen LogP contribution in [0.4, 0.5) is 0 Å². The minimum absolute atomic E-state index is 0.306. The maximum atomic E-state index is 8.59. The van der Waals surface area contributed by atoms with Crippen molar-refractivity contribution in [2.75, 3.05) is 28.2 Å². The second-order valence-corrected chi connectivity index (χ2v) is 2.84. The Morgan fingerprint density at radius 3 is 1.33 bits per heavy atom. The van der Waals surface area contributed by atoms with Crippen molar-refractivity contribution in [1.82, 2.24) is 14.7 Å². The summed E-state index contributed by atoms with van der Waals surface area (Å²) in [5.74, 6) is 0. The van der Waals surface area contributed by atoms with E-state index in [0.717, 1.165) is 4.90 Å². The van der Waals surface area contributed by atoms with Crippen LogP contribution in [-0.4, -0.2) is 49.2 Å².